The number of carbonyl (C=O) groups is 1. The Balaban J connectivity index is 1.55. The first-order chi connectivity index (χ1) is 15.9. The molecule has 1 saturated heterocycles. The molecule has 3 aromatic rings. The summed E-state index contributed by atoms with van der Waals surface area (Å²) in [5, 5.41) is 3.11. The molecule has 0 spiro atoms. The van der Waals surface area contributed by atoms with Crippen molar-refractivity contribution in [3.05, 3.63) is 102 Å². The van der Waals surface area contributed by atoms with E-state index in [0.717, 1.165) is 11.1 Å². The summed E-state index contributed by atoms with van der Waals surface area (Å²) in [5.74, 6) is -0.296. The van der Waals surface area contributed by atoms with Gasteiger partial charge in [-0.1, -0.05) is 66.7 Å². The van der Waals surface area contributed by atoms with Crippen molar-refractivity contribution < 1.29 is 13.2 Å². The Hall–Kier alpha value is -3.00. The van der Waals surface area contributed by atoms with Crippen LogP contribution in [-0.2, 0) is 16.4 Å². The number of carbonyl (C=O) groups excluding carboxylic acids is 1. The third-order valence-electron chi connectivity index (χ3n) is 5.99. The van der Waals surface area contributed by atoms with Gasteiger partial charge in [-0.2, -0.15) is 4.31 Å². The highest BCUT2D eigenvalue weighted by molar-refractivity contribution is 7.89. The summed E-state index contributed by atoms with van der Waals surface area (Å²) in [6.45, 7) is 2.28. The highest BCUT2D eigenvalue weighted by atomic mass is 32.2. The number of hydrogen-bond acceptors (Lipinski definition) is 4. The molecule has 4 rings (SSSR count). The van der Waals surface area contributed by atoms with Gasteiger partial charge in [0.25, 0.3) is 5.91 Å². The first-order valence-corrected chi connectivity index (χ1v) is 12.6. The molecule has 0 radical (unpaired) electrons. The van der Waals surface area contributed by atoms with Crippen LogP contribution in [0.5, 0.6) is 0 Å². The zero-order valence-corrected chi connectivity index (χ0v) is 19.5. The van der Waals surface area contributed by atoms with E-state index in [1.165, 1.54) is 10.4 Å². The lowest BCUT2D eigenvalue weighted by atomic mass is 9.98. The van der Waals surface area contributed by atoms with Crippen molar-refractivity contribution in [2.75, 3.05) is 33.2 Å². The third kappa shape index (κ3) is 5.68. The number of sulfonamides is 1. The molecule has 1 amide bonds. The average Bonchev–Trinajstić information content (AvgIpc) is 2.85. The van der Waals surface area contributed by atoms with Crippen LogP contribution < -0.4 is 5.32 Å². The number of amides is 1. The van der Waals surface area contributed by atoms with Crippen LogP contribution in [-0.4, -0.2) is 56.8 Å². The lowest BCUT2D eigenvalue weighted by Crippen LogP contribution is -2.47. The minimum atomic E-state index is -3.64. The van der Waals surface area contributed by atoms with Gasteiger partial charge in [0.05, 0.1) is 10.9 Å². The molecule has 0 bridgehead atoms. The molecule has 0 aliphatic carbocycles. The van der Waals surface area contributed by atoms with Crippen molar-refractivity contribution in [1.29, 1.82) is 0 Å². The summed E-state index contributed by atoms with van der Waals surface area (Å²) in [6, 6.07) is 25.9. The van der Waals surface area contributed by atoms with Crippen molar-refractivity contribution in [2.24, 2.45) is 0 Å². The van der Waals surface area contributed by atoms with Crippen LogP contribution in [0.3, 0.4) is 0 Å². The zero-order chi connectivity index (χ0) is 23.3. The minimum Gasteiger partial charge on any atom is -0.345 e. The van der Waals surface area contributed by atoms with Crippen LogP contribution in [0, 0.1) is 0 Å². The molecular formula is C26H29N3O3S. The van der Waals surface area contributed by atoms with E-state index in [9.17, 15) is 13.2 Å². The SMILES string of the molecule is CN1CCN(S(=O)(=O)c2cccc(C(=O)N[C@@H](Cc3ccccc3)c3ccccc3)c2)CC1. The lowest BCUT2D eigenvalue weighted by Gasteiger charge is -2.31. The van der Waals surface area contributed by atoms with E-state index in [2.05, 4.69) is 10.2 Å². The normalized spacial score (nSPS) is 16.3. The molecule has 6 nitrogen and oxygen atoms in total. The maximum atomic E-state index is 13.2. The van der Waals surface area contributed by atoms with Gasteiger partial charge >= 0.3 is 0 Å². The Morgan fingerprint density at radius 3 is 2.18 bits per heavy atom. The van der Waals surface area contributed by atoms with Crippen LogP contribution in [0.1, 0.15) is 27.5 Å². The zero-order valence-electron chi connectivity index (χ0n) is 18.7. The maximum Gasteiger partial charge on any atom is 0.251 e. The smallest absolute Gasteiger partial charge is 0.251 e. The second-order valence-corrected chi connectivity index (χ2v) is 10.3. The van der Waals surface area contributed by atoms with Gasteiger partial charge in [0.1, 0.15) is 0 Å². The predicted molar refractivity (Wildman–Crippen MR) is 129 cm³/mol. The molecule has 1 atom stereocenters. The van der Waals surface area contributed by atoms with Crippen LogP contribution in [0.2, 0.25) is 0 Å². The number of nitrogens with zero attached hydrogens (tertiary/aromatic N) is 2. The van der Waals surface area contributed by atoms with Crippen LogP contribution in [0.25, 0.3) is 0 Å². The van der Waals surface area contributed by atoms with Crippen LogP contribution in [0.4, 0.5) is 0 Å². The summed E-state index contributed by atoms with van der Waals surface area (Å²) in [4.78, 5) is 15.4. The Bertz CT molecular complexity index is 1180. The largest absolute Gasteiger partial charge is 0.345 e. The van der Waals surface area contributed by atoms with E-state index in [4.69, 9.17) is 0 Å². The second-order valence-electron chi connectivity index (χ2n) is 8.36. The lowest BCUT2D eigenvalue weighted by molar-refractivity contribution is 0.0936. The molecule has 33 heavy (non-hydrogen) atoms. The van der Waals surface area contributed by atoms with Crippen LogP contribution >= 0.6 is 0 Å². The third-order valence-corrected chi connectivity index (χ3v) is 7.88. The fourth-order valence-electron chi connectivity index (χ4n) is 4.00. The molecule has 3 aromatic carbocycles. The Kier molecular flexibility index (Phi) is 7.23. The maximum absolute atomic E-state index is 13.2. The van der Waals surface area contributed by atoms with Gasteiger partial charge in [-0.15, -0.1) is 0 Å². The van der Waals surface area contributed by atoms with Gasteiger partial charge in [-0.05, 0) is 42.8 Å². The fraction of sp³-hybridized carbons (Fsp3) is 0.269. The van der Waals surface area contributed by atoms with E-state index in [-0.39, 0.29) is 16.8 Å². The standard InChI is InChI=1S/C26H29N3O3S/c1-28-15-17-29(18-16-28)33(31,32)24-14-8-13-23(20-24)26(30)27-25(22-11-6-3-7-12-22)19-21-9-4-2-5-10-21/h2-14,20,25H,15-19H2,1H3,(H,27,30)/t25-/m0/s1. The molecular weight excluding hydrogens is 434 g/mol. The molecule has 1 N–H and O–H groups in total. The predicted octanol–water partition coefficient (Wildman–Crippen LogP) is 3.34. The van der Waals surface area contributed by atoms with Gasteiger partial charge in [-0.3, -0.25) is 4.79 Å². The van der Waals surface area contributed by atoms with Gasteiger partial charge in [0.2, 0.25) is 10.0 Å². The topological polar surface area (TPSA) is 69.7 Å². The molecule has 1 aliphatic rings. The van der Waals surface area contributed by atoms with Gasteiger partial charge in [0, 0.05) is 31.7 Å². The summed E-state index contributed by atoms with van der Waals surface area (Å²) < 4.78 is 27.8. The van der Waals surface area contributed by atoms with Crippen molar-refractivity contribution in [1.82, 2.24) is 14.5 Å². The number of rotatable bonds is 7. The van der Waals surface area contributed by atoms with E-state index in [0.29, 0.717) is 38.2 Å². The number of benzene rings is 3. The second kappa shape index (κ2) is 10.3. The van der Waals surface area contributed by atoms with Gasteiger partial charge in [-0.25, -0.2) is 8.42 Å². The Morgan fingerprint density at radius 1 is 0.879 bits per heavy atom. The highest BCUT2D eigenvalue weighted by Gasteiger charge is 2.28. The summed E-state index contributed by atoms with van der Waals surface area (Å²) in [5.41, 5.74) is 2.44. The summed E-state index contributed by atoms with van der Waals surface area (Å²) in [6.07, 6.45) is 0.635. The number of likely N-dealkylation sites (N-methyl/N-ethyl adjacent to an activating group) is 1. The summed E-state index contributed by atoms with van der Waals surface area (Å²) >= 11 is 0. The molecule has 1 heterocycles. The molecule has 0 aromatic heterocycles. The van der Waals surface area contributed by atoms with Crippen LogP contribution in [0.15, 0.2) is 89.8 Å². The molecule has 1 aliphatic heterocycles. The Labute approximate surface area is 195 Å². The van der Waals surface area contributed by atoms with Crippen molar-refractivity contribution in [3.8, 4) is 0 Å². The molecule has 0 unspecified atom stereocenters. The monoisotopic (exact) mass is 463 g/mol. The number of piperazine rings is 1. The van der Waals surface area contributed by atoms with Gasteiger partial charge < -0.3 is 10.2 Å². The Morgan fingerprint density at radius 2 is 1.52 bits per heavy atom. The quantitative estimate of drug-likeness (QED) is 0.584. The van der Waals surface area contributed by atoms with E-state index < -0.39 is 10.0 Å². The minimum absolute atomic E-state index is 0.152. The number of hydrogen-bond donors (Lipinski definition) is 1. The van der Waals surface area contributed by atoms with Crippen molar-refractivity contribution >= 4 is 15.9 Å². The fourth-order valence-corrected chi connectivity index (χ4v) is 5.47. The van der Waals surface area contributed by atoms with E-state index in [1.807, 2.05) is 67.7 Å². The first kappa shape index (κ1) is 23.2. The summed E-state index contributed by atoms with van der Waals surface area (Å²) in [7, 11) is -1.66. The molecule has 7 heteroatoms. The average molecular weight is 464 g/mol. The van der Waals surface area contributed by atoms with Crippen molar-refractivity contribution in [3.63, 3.8) is 0 Å². The number of nitrogens with one attached hydrogen (secondary N) is 1. The van der Waals surface area contributed by atoms with Gasteiger partial charge in [0.15, 0.2) is 0 Å². The molecule has 1 fully saturated rings. The van der Waals surface area contributed by atoms with E-state index >= 15 is 0 Å². The van der Waals surface area contributed by atoms with Crippen molar-refractivity contribution in [2.45, 2.75) is 17.4 Å². The molecule has 172 valence electrons. The highest BCUT2D eigenvalue weighted by Crippen LogP contribution is 2.21. The van der Waals surface area contributed by atoms with E-state index in [1.54, 1.807) is 18.2 Å². The first-order valence-electron chi connectivity index (χ1n) is 11.1. The molecule has 0 saturated carbocycles.